The largest absolute Gasteiger partial charge is 0.463 e. The van der Waals surface area contributed by atoms with Crippen LogP contribution in [0.3, 0.4) is 0 Å². The number of rotatable bonds is 4. The molecule has 0 unspecified atom stereocenters. The van der Waals surface area contributed by atoms with Crippen LogP contribution in [0.5, 0.6) is 0 Å². The van der Waals surface area contributed by atoms with Crippen LogP contribution in [0.1, 0.15) is 5.76 Å². The van der Waals surface area contributed by atoms with Gasteiger partial charge in [0.25, 0.3) is 0 Å². The van der Waals surface area contributed by atoms with Gasteiger partial charge in [-0.05, 0) is 46.9 Å². The summed E-state index contributed by atoms with van der Waals surface area (Å²) in [6.07, 6.45) is 3.23. The maximum absolute atomic E-state index is 5.15. The second-order valence-electron chi connectivity index (χ2n) is 3.93. The third-order valence-corrected chi connectivity index (χ3v) is 4.01. The Morgan fingerprint density at radius 2 is 2.10 bits per heavy atom. The Hall–Kier alpha value is -1.67. The topological polar surface area (TPSA) is 50.4 Å². The number of benzene rings is 1. The van der Waals surface area contributed by atoms with Gasteiger partial charge in [-0.2, -0.15) is 5.10 Å². The lowest BCUT2D eigenvalue weighted by molar-refractivity contribution is 0.560. The van der Waals surface area contributed by atoms with Gasteiger partial charge < -0.3 is 4.42 Å². The van der Waals surface area contributed by atoms with E-state index in [0.717, 1.165) is 16.4 Å². The summed E-state index contributed by atoms with van der Waals surface area (Å²) in [5.41, 5.74) is 4.95. The van der Waals surface area contributed by atoms with E-state index in [4.69, 9.17) is 4.42 Å². The normalized spacial score (nSPS) is 11.1. The lowest BCUT2D eigenvalue weighted by Gasteiger charge is -1.96. The number of nitrogens with one attached hydrogen (secondary N) is 1. The van der Waals surface area contributed by atoms with Crippen LogP contribution in [0, 0.1) is 3.57 Å². The second-order valence-corrected chi connectivity index (χ2v) is 6.03. The first-order valence-electron chi connectivity index (χ1n) is 5.85. The molecule has 20 heavy (non-hydrogen) atoms. The fraction of sp³-hybridized carbons (Fsp3) is 0. The zero-order valence-corrected chi connectivity index (χ0v) is 13.3. The first-order chi connectivity index (χ1) is 9.81. The van der Waals surface area contributed by atoms with E-state index in [1.54, 1.807) is 12.5 Å². The molecule has 2 aromatic heterocycles. The Balaban J connectivity index is 1.69. The molecule has 4 nitrogen and oxygen atoms in total. The minimum absolute atomic E-state index is 0.701. The molecule has 0 saturated heterocycles. The van der Waals surface area contributed by atoms with Crippen LogP contribution < -0.4 is 5.43 Å². The SMILES string of the molecule is Ic1ccc(-c2csc(N/N=C/c3ccco3)n2)cc1. The molecule has 100 valence electrons. The van der Waals surface area contributed by atoms with Crippen molar-refractivity contribution in [3.63, 3.8) is 0 Å². The van der Waals surface area contributed by atoms with Crippen molar-refractivity contribution in [1.29, 1.82) is 0 Å². The van der Waals surface area contributed by atoms with E-state index in [1.807, 2.05) is 17.5 Å². The van der Waals surface area contributed by atoms with Gasteiger partial charge in [0.2, 0.25) is 5.13 Å². The summed E-state index contributed by atoms with van der Waals surface area (Å²) >= 11 is 3.80. The summed E-state index contributed by atoms with van der Waals surface area (Å²) in [5, 5.41) is 6.84. The summed E-state index contributed by atoms with van der Waals surface area (Å²) < 4.78 is 6.36. The average Bonchev–Trinajstić information content (AvgIpc) is 3.11. The molecule has 0 atom stereocenters. The van der Waals surface area contributed by atoms with Gasteiger partial charge in [-0.1, -0.05) is 12.1 Å². The van der Waals surface area contributed by atoms with E-state index in [2.05, 4.69) is 62.4 Å². The van der Waals surface area contributed by atoms with E-state index in [1.165, 1.54) is 14.9 Å². The van der Waals surface area contributed by atoms with Crippen LogP contribution in [0.25, 0.3) is 11.3 Å². The van der Waals surface area contributed by atoms with Crippen molar-refractivity contribution in [2.75, 3.05) is 5.43 Å². The summed E-state index contributed by atoms with van der Waals surface area (Å²) in [7, 11) is 0. The first kappa shape index (κ1) is 13.3. The highest BCUT2D eigenvalue weighted by atomic mass is 127. The van der Waals surface area contributed by atoms with Gasteiger partial charge in [-0.15, -0.1) is 11.3 Å². The number of hydrogen-bond donors (Lipinski definition) is 1. The minimum atomic E-state index is 0.701. The molecular weight excluding hydrogens is 385 g/mol. The van der Waals surface area contributed by atoms with Gasteiger partial charge in [0.05, 0.1) is 18.2 Å². The molecule has 3 aromatic rings. The van der Waals surface area contributed by atoms with Crippen LogP contribution in [-0.4, -0.2) is 11.2 Å². The van der Waals surface area contributed by atoms with Crippen LogP contribution >= 0.6 is 33.9 Å². The van der Waals surface area contributed by atoms with Gasteiger partial charge in [0.15, 0.2) is 0 Å². The van der Waals surface area contributed by atoms with Crippen molar-refractivity contribution in [3.8, 4) is 11.3 Å². The fourth-order valence-corrected chi connectivity index (χ4v) is 2.62. The van der Waals surface area contributed by atoms with E-state index in [0.29, 0.717) is 5.76 Å². The van der Waals surface area contributed by atoms with Crippen molar-refractivity contribution < 1.29 is 4.42 Å². The molecule has 6 heteroatoms. The van der Waals surface area contributed by atoms with Crippen LogP contribution in [0.2, 0.25) is 0 Å². The molecule has 0 aliphatic heterocycles. The minimum Gasteiger partial charge on any atom is -0.463 e. The first-order valence-corrected chi connectivity index (χ1v) is 7.81. The maximum Gasteiger partial charge on any atom is 0.203 e. The molecule has 0 fully saturated rings. The molecule has 0 saturated carbocycles. The van der Waals surface area contributed by atoms with Crippen molar-refractivity contribution in [1.82, 2.24) is 4.98 Å². The highest BCUT2D eigenvalue weighted by Crippen LogP contribution is 2.25. The lowest BCUT2D eigenvalue weighted by atomic mass is 10.2. The predicted octanol–water partition coefficient (Wildman–Crippen LogP) is 4.45. The van der Waals surface area contributed by atoms with Gasteiger partial charge in [-0.25, -0.2) is 4.98 Å². The Morgan fingerprint density at radius 3 is 2.85 bits per heavy atom. The molecule has 0 radical (unpaired) electrons. The standard InChI is InChI=1S/C14H10IN3OS/c15-11-5-3-10(4-6-11)13-9-20-14(17-13)18-16-8-12-2-1-7-19-12/h1-9H,(H,17,18)/b16-8+. The summed E-state index contributed by atoms with van der Waals surface area (Å²) in [4.78, 5) is 4.49. The zero-order valence-electron chi connectivity index (χ0n) is 10.3. The number of aromatic nitrogens is 1. The van der Waals surface area contributed by atoms with E-state index >= 15 is 0 Å². The van der Waals surface area contributed by atoms with E-state index in [9.17, 15) is 0 Å². The number of furan rings is 1. The number of hydrogen-bond acceptors (Lipinski definition) is 5. The molecule has 0 amide bonds. The second kappa shape index (κ2) is 6.19. The molecule has 0 bridgehead atoms. The maximum atomic E-state index is 5.15. The highest BCUT2D eigenvalue weighted by molar-refractivity contribution is 14.1. The van der Waals surface area contributed by atoms with Gasteiger partial charge in [0.1, 0.15) is 5.76 Å². The molecule has 1 N–H and O–H groups in total. The average molecular weight is 395 g/mol. The molecule has 0 aliphatic rings. The van der Waals surface area contributed by atoms with Crippen molar-refractivity contribution in [2.24, 2.45) is 5.10 Å². The number of nitrogens with zero attached hydrogens (tertiary/aromatic N) is 2. The molecule has 3 rings (SSSR count). The quantitative estimate of drug-likeness (QED) is 0.403. The van der Waals surface area contributed by atoms with Crippen molar-refractivity contribution in [2.45, 2.75) is 0 Å². The smallest absolute Gasteiger partial charge is 0.203 e. The molecule has 1 aromatic carbocycles. The predicted molar refractivity (Wildman–Crippen MR) is 90.2 cm³/mol. The number of anilines is 1. The number of halogens is 1. The molecular formula is C14H10IN3OS. The Bertz CT molecular complexity index is 704. The summed E-state index contributed by atoms with van der Waals surface area (Å²) in [5.74, 6) is 0.701. The van der Waals surface area contributed by atoms with Crippen LogP contribution in [0.15, 0.2) is 57.6 Å². The van der Waals surface area contributed by atoms with E-state index < -0.39 is 0 Å². The lowest BCUT2D eigenvalue weighted by Crippen LogP contribution is -1.89. The molecule has 0 spiro atoms. The number of hydrazone groups is 1. The van der Waals surface area contributed by atoms with Crippen LogP contribution in [0.4, 0.5) is 5.13 Å². The Labute approximate surface area is 133 Å². The number of thiazole rings is 1. The summed E-state index contributed by atoms with van der Waals surface area (Å²) in [6, 6.07) is 11.9. The van der Waals surface area contributed by atoms with Gasteiger partial charge in [-0.3, -0.25) is 5.43 Å². The van der Waals surface area contributed by atoms with E-state index in [-0.39, 0.29) is 0 Å². The van der Waals surface area contributed by atoms with Gasteiger partial charge >= 0.3 is 0 Å². The van der Waals surface area contributed by atoms with Crippen molar-refractivity contribution >= 4 is 45.3 Å². The van der Waals surface area contributed by atoms with Crippen LogP contribution in [-0.2, 0) is 0 Å². The van der Waals surface area contributed by atoms with Gasteiger partial charge in [0, 0.05) is 14.5 Å². The Kier molecular flexibility index (Phi) is 4.12. The third kappa shape index (κ3) is 3.26. The zero-order chi connectivity index (χ0) is 13.8. The monoisotopic (exact) mass is 395 g/mol. The molecule has 2 heterocycles. The van der Waals surface area contributed by atoms with Crippen molar-refractivity contribution in [3.05, 3.63) is 57.4 Å². The highest BCUT2D eigenvalue weighted by Gasteiger charge is 2.03. The summed E-state index contributed by atoms with van der Waals surface area (Å²) in [6.45, 7) is 0. The molecule has 0 aliphatic carbocycles. The fourth-order valence-electron chi connectivity index (χ4n) is 1.59. The Morgan fingerprint density at radius 1 is 1.25 bits per heavy atom. The third-order valence-electron chi connectivity index (χ3n) is 2.54.